The Kier molecular flexibility index (Phi) is 1.17. The molecule has 0 N–H and O–H groups in total. The maximum Gasteiger partial charge on any atom is 0.139 e. The summed E-state index contributed by atoms with van der Waals surface area (Å²) in [6, 6.07) is 0. The Hall–Kier alpha value is -0.330. The summed E-state index contributed by atoms with van der Waals surface area (Å²) < 4.78 is 0. The van der Waals surface area contributed by atoms with Crippen molar-refractivity contribution in [1.82, 2.24) is 0 Å². The molecule has 2 saturated carbocycles. The first-order valence-corrected chi connectivity index (χ1v) is 4.25. The van der Waals surface area contributed by atoms with Crippen LogP contribution in [0.3, 0.4) is 0 Å². The van der Waals surface area contributed by atoms with Crippen molar-refractivity contribution in [3.8, 4) is 0 Å². The third-order valence-corrected chi connectivity index (χ3v) is 3.62. The van der Waals surface area contributed by atoms with Gasteiger partial charge in [-0.05, 0) is 24.7 Å². The molecule has 0 aliphatic heterocycles. The Labute approximate surface area is 61.8 Å². The molecule has 4 atom stereocenters. The van der Waals surface area contributed by atoms with Crippen LogP contribution in [-0.2, 0) is 4.79 Å². The number of Topliss-reactive ketones (excluding diaryl/α,β-unsaturated/α-hetero) is 1. The summed E-state index contributed by atoms with van der Waals surface area (Å²) >= 11 is 0. The molecule has 10 heavy (non-hydrogen) atoms. The van der Waals surface area contributed by atoms with Crippen molar-refractivity contribution in [2.45, 2.75) is 26.7 Å². The lowest BCUT2D eigenvalue weighted by Gasteiger charge is -2.22. The molecule has 2 rings (SSSR count). The van der Waals surface area contributed by atoms with E-state index >= 15 is 0 Å². The van der Waals surface area contributed by atoms with Gasteiger partial charge in [0.1, 0.15) is 5.78 Å². The molecule has 2 aliphatic rings. The van der Waals surface area contributed by atoms with Crippen LogP contribution in [0.15, 0.2) is 0 Å². The Morgan fingerprint density at radius 2 is 1.50 bits per heavy atom. The smallest absolute Gasteiger partial charge is 0.139 e. The van der Waals surface area contributed by atoms with Crippen LogP contribution in [0.25, 0.3) is 0 Å². The van der Waals surface area contributed by atoms with E-state index < -0.39 is 0 Å². The van der Waals surface area contributed by atoms with Gasteiger partial charge < -0.3 is 0 Å². The van der Waals surface area contributed by atoms with Gasteiger partial charge >= 0.3 is 0 Å². The molecule has 1 heteroatoms. The molecular formula is C9H14O. The standard InChI is InChI=1S/C9H14O/c1-5-6(2)8-4-3-7(5)9(8)10/h5-8H,3-4H2,1-2H3. The van der Waals surface area contributed by atoms with Crippen LogP contribution in [-0.4, -0.2) is 5.78 Å². The molecule has 2 fully saturated rings. The number of ketones is 1. The van der Waals surface area contributed by atoms with Gasteiger partial charge in [0, 0.05) is 11.8 Å². The molecule has 0 heterocycles. The molecule has 0 spiro atoms. The molecule has 2 bridgehead atoms. The molecule has 1 nitrogen and oxygen atoms in total. The third-order valence-electron chi connectivity index (χ3n) is 3.62. The van der Waals surface area contributed by atoms with Crippen LogP contribution in [0.1, 0.15) is 26.7 Å². The van der Waals surface area contributed by atoms with E-state index in [4.69, 9.17) is 0 Å². The van der Waals surface area contributed by atoms with E-state index in [9.17, 15) is 4.79 Å². The van der Waals surface area contributed by atoms with Gasteiger partial charge in [0.15, 0.2) is 0 Å². The summed E-state index contributed by atoms with van der Waals surface area (Å²) in [5.41, 5.74) is 0. The fraction of sp³-hybridized carbons (Fsp3) is 0.889. The van der Waals surface area contributed by atoms with Crippen molar-refractivity contribution in [2.75, 3.05) is 0 Å². The number of hydrogen-bond donors (Lipinski definition) is 0. The number of carbonyl (C=O) groups is 1. The van der Waals surface area contributed by atoms with Crippen molar-refractivity contribution in [1.29, 1.82) is 0 Å². The summed E-state index contributed by atoms with van der Waals surface area (Å²) in [4.78, 5) is 11.4. The average molecular weight is 138 g/mol. The van der Waals surface area contributed by atoms with E-state index in [1.54, 1.807) is 0 Å². The van der Waals surface area contributed by atoms with Gasteiger partial charge in [0.25, 0.3) is 0 Å². The number of rotatable bonds is 0. The van der Waals surface area contributed by atoms with Crippen molar-refractivity contribution >= 4 is 5.78 Å². The molecule has 2 aliphatic carbocycles. The highest BCUT2D eigenvalue weighted by Crippen LogP contribution is 2.48. The molecular weight excluding hydrogens is 124 g/mol. The first-order valence-electron chi connectivity index (χ1n) is 4.25. The van der Waals surface area contributed by atoms with E-state index in [2.05, 4.69) is 13.8 Å². The van der Waals surface area contributed by atoms with Gasteiger partial charge in [-0.3, -0.25) is 4.79 Å². The molecule has 0 saturated heterocycles. The largest absolute Gasteiger partial charge is 0.299 e. The minimum atomic E-state index is 0.444. The van der Waals surface area contributed by atoms with Crippen LogP contribution < -0.4 is 0 Å². The van der Waals surface area contributed by atoms with Crippen molar-refractivity contribution in [2.24, 2.45) is 23.7 Å². The van der Waals surface area contributed by atoms with Gasteiger partial charge in [-0.25, -0.2) is 0 Å². The minimum Gasteiger partial charge on any atom is -0.299 e. The molecule has 56 valence electrons. The van der Waals surface area contributed by atoms with E-state index in [1.165, 1.54) is 12.8 Å². The SMILES string of the molecule is CC1C2CCC(C2=O)C1C. The first-order chi connectivity index (χ1) is 4.72. The second-order valence-corrected chi connectivity index (χ2v) is 3.91. The molecule has 4 unspecified atom stereocenters. The second kappa shape index (κ2) is 1.84. The summed E-state index contributed by atoms with van der Waals surface area (Å²) in [6.07, 6.45) is 2.35. The van der Waals surface area contributed by atoms with Gasteiger partial charge in [-0.1, -0.05) is 13.8 Å². The number of carbonyl (C=O) groups excluding carboxylic acids is 1. The van der Waals surface area contributed by atoms with Crippen LogP contribution in [0.4, 0.5) is 0 Å². The summed E-state index contributed by atoms with van der Waals surface area (Å²) in [7, 11) is 0. The maximum absolute atomic E-state index is 11.4. The first kappa shape index (κ1) is 6.38. The van der Waals surface area contributed by atoms with Crippen LogP contribution >= 0.6 is 0 Å². The fourth-order valence-electron chi connectivity index (χ4n) is 2.70. The predicted molar refractivity (Wildman–Crippen MR) is 39.5 cm³/mol. The van der Waals surface area contributed by atoms with Gasteiger partial charge in [-0.15, -0.1) is 0 Å². The minimum absolute atomic E-state index is 0.444. The maximum atomic E-state index is 11.4. The highest BCUT2D eigenvalue weighted by atomic mass is 16.1. The van der Waals surface area contributed by atoms with Crippen LogP contribution in [0, 0.1) is 23.7 Å². The monoisotopic (exact) mass is 138 g/mol. The summed E-state index contributed by atoms with van der Waals surface area (Å²) in [5, 5.41) is 0. The second-order valence-electron chi connectivity index (χ2n) is 3.91. The van der Waals surface area contributed by atoms with Gasteiger partial charge in [0.05, 0.1) is 0 Å². The lowest BCUT2D eigenvalue weighted by atomic mass is 9.82. The quantitative estimate of drug-likeness (QED) is 0.499. The third kappa shape index (κ3) is 0.561. The van der Waals surface area contributed by atoms with E-state index in [0.717, 1.165) is 0 Å². The summed E-state index contributed by atoms with van der Waals surface area (Å²) in [6.45, 7) is 4.46. The number of fused-ring (bicyclic) bond motifs is 2. The zero-order valence-corrected chi connectivity index (χ0v) is 6.63. The molecule has 0 aromatic rings. The van der Waals surface area contributed by atoms with Gasteiger partial charge in [0.2, 0.25) is 0 Å². The number of hydrogen-bond acceptors (Lipinski definition) is 1. The molecule has 0 aromatic carbocycles. The highest BCUT2D eigenvalue weighted by Gasteiger charge is 2.49. The van der Waals surface area contributed by atoms with Gasteiger partial charge in [-0.2, -0.15) is 0 Å². The Morgan fingerprint density at radius 3 is 1.70 bits per heavy atom. The lowest BCUT2D eigenvalue weighted by Crippen LogP contribution is -2.15. The molecule has 0 aromatic heterocycles. The van der Waals surface area contributed by atoms with Crippen molar-refractivity contribution in [3.63, 3.8) is 0 Å². The average Bonchev–Trinajstić information content (AvgIpc) is 2.34. The summed E-state index contributed by atoms with van der Waals surface area (Å²) in [5.74, 6) is 2.80. The zero-order valence-electron chi connectivity index (χ0n) is 6.63. The van der Waals surface area contributed by atoms with Crippen LogP contribution in [0.5, 0.6) is 0 Å². The predicted octanol–water partition coefficient (Wildman–Crippen LogP) is 1.87. The Balaban J connectivity index is 2.29. The fourth-order valence-corrected chi connectivity index (χ4v) is 2.70. The molecule has 0 amide bonds. The van der Waals surface area contributed by atoms with Crippen molar-refractivity contribution in [3.05, 3.63) is 0 Å². The zero-order chi connectivity index (χ0) is 7.30. The topological polar surface area (TPSA) is 17.1 Å². The van der Waals surface area contributed by atoms with E-state index in [1.807, 2.05) is 0 Å². The lowest BCUT2D eigenvalue weighted by molar-refractivity contribution is -0.121. The van der Waals surface area contributed by atoms with Crippen molar-refractivity contribution < 1.29 is 4.79 Å². The normalized spacial score (nSPS) is 52.4. The Morgan fingerprint density at radius 1 is 1.10 bits per heavy atom. The van der Waals surface area contributed by atoms with E-state index in [0.29, 0.717) is 29.5 Å². The Bertz CT molecular complexity index is 156. The van der Waals surface area contributed by atoms with E-state index in [-0.39, 0.29) is 0 Å². The highest BCUT2D eigenvalue weighted by molar-refractivity contribution is 5.88. The van der Waals surface area contributed by atoms with Crippen LogP contribution in [0.2, 0.25) is 0 Å². The molecule has 0 radical (unpaired) electrons.